The van der Waals surface area contributed by atoms with Crippen LogP contribution in [0.3, 0.4) is 0 Å². The minimum absolute atomic E-state index is 0.0187. The Hall–Kier alpha value is -2.61. The van der Waals surface area contributed by atoms with Crippen LogP contribution >= 0.6 is 11.8 Å². The average molecular weight is 364 g/mol. The molecule has 25 heavy (non-hydrogen) atoms. The quantitative estimate of drug-likeness (QED) is 0.426. The number of amides is 1. The van der Waals surface area contributed by atoms with Crippen LogP contribution in [0.2, 0.25) is 0 Å². The summed E-state index contributed by atoms with van der Waals surface area (Å²) in [5.74, 6) is -0.877. The van der Waals surface area contributed by atoms with Crippen molar-refractivity contribution in [3.05, 3.63) is 64.0 Å². The molecule has 6 nitrogen and oxygen atoms in total. The molecule has 0 heterocycles. The van der Waals surface area contributed by atoms with Crippen molar-refractivity contribution in [2.24, 2.45) is 0 Å². The number of nitrogens with zero attached hydrogens (tertiary/aromatic N) is 2. The summed E-state index contributed by atoms with van der Waals surface area (Å²) < 4.78 is 18.8. The molecular weight excluding hydrogens is 347 g/mol. The lowest BCUT2D eigenvalue weighted by molar-refractivity contribution is -0.385. The zero-order chi connectivity index (χ0) is 18.4. The average Bonchev–Trinajstić information content (AvgIpc) is 2.61. The topological polar surface area (TPSA) is 72.7 Å². The molecule has 0 aromatic heterocycles. The maximum atomic E-state index is 13.5. The van der Waals surface area contributed by atoms with Gasteiger partial charge in [0.15, 0.2) is 11.6 Å². The van der Waals surface area contributed by atoms with Crippen molar-refractivity contribution < 1.29 is 18.8 Å². The zero-order valence-electron chi connectivity index (χ0n) is 13.8. The highest BCUT2D eigenvalue weighted by atomic mass is 32.2. The molecule has 8 heteroatoms. The van der Waals surface area contributed by atoms with Gasteiger partial charge in [0, 0.05) is 18.0 Å². The Balaban J connectivity index is 2.07. The van der Waals surface area contributed by atoms with Gasteiger partial charge < -0.3 is 9.64 Å². The third kappa shape index (κ3) is 4.69. The van der Waals surface area contributed by atoms with E-state index < -0.39 is 16.6 Å². The Bertz CT molecular complexity index is 785. The molecule has 0 spiro atoms. The first-order valence-electron chi connectivity index (χ1n) is 7.39. The van der Waals surface area contributed by atoms with Crippen molar-refractivity contribution in [2.75, 3.05) is 26.5 Å². The van der Waals surface area contributed by atoms with Gasteiger partial charge in [0.05, 0.1) is 11.5 Å². The van der Waals surface area contributed by atoms with Crippen LogP contribution in [0, 0.1) is 15.9 Å². The number of rotatable bonds is 7. The number of hydrogen-bond acceptors (Lipinski definition) is 5. The first-order valence-corrected chi connectivity index (χ1v) is 8.61. The van der Waals surface area contributed by atoms with Gasteiger partial charge in [-0.1, -0.05) is 12.1 Å². The van der Waals surface area contributed by atoms with Crippen molar-refractivity contribution in [2.45, 2.75) is 4.90 Å². The Morgan fingerprint density at radius 3 is 2.68 bits per heavy atom. The van der Waals surface area contributed by atoms with Gasteiger partial charge in [0.2, 0.25) is 0 Å². The summed E-state index contributed by atoms with van der Waals surface area (Å²) in [5.41, 5.74) is -0.227. The Morgan fingerprint density at radius 1 is 1.32 bits per heavy atom. The van der Waals surface area contributed by atoms with Crippen LogP contribution in [0.4, 0.5) is 10.1 Å². The molecule has 0 bridgehead atoms. The summed E-state index contributed by atoms with van der Waals surface area (Å²) in [6, 6.07) is 10.4. The lowest BCUT2D eigenvalue weighted by Crippen LogP contribution is -2.31. The minimum Gasteiger partial charge on any atom is -0.489 e. The predicted octanol–water partition coefficient (Wildman–Crippen LogP) is 3.61. The van der Waals surface area contributed by atoms with E-state index in [0.29, 0.717) is 0 Å². The molecule has 0 N–H and O–H groups in total. The SMILES string of the molecule is CSc1ccc([N+](=O)[O-])c(C(=O)N(C)CCOc2ccccc2F)c1. The summed E-state index contributed by atoms with van der Waals surface area (Å²) >= 11 is 1.39. The predicted molar refractivity (Wildman–Crippen MR) is 93.7 cm³/mol. The summed E-state index contributed by atoms with van der Waals surface area (Å²) in [6.45, 7) is 0.229. The second-order valence-electron chi connectivity index (χ2n) is 5.15. The van der Waals surface area contributed by atoms with E-state index in [0.717, 1.165) is 4.90 Å². The highest BCUT2D eigenvalue weighted by Gasteiger charge is 2.23. The largest absolute Gasteiger partial charge is 0.489 e. The highest BCUT2D eigenvalue weighted by molar-refractivity contribution is 7.98. The molecule has 0 aliphatic heterocycles. The molecule has 0 saturated carbocycles. The highest BCUT2D eigenvalue weighted by Crippen LogP contribution is 2.25. The molecule has 0 unspecified atom stereocenters. The van der Waals surface area contributed by atoms with E-state index >= 15 is 0 Å². The third-order valence-electron chi connectivity index (χ3n) is 3.50. The van der Waals surface area contributed by atoms with Gasteiger partial charge >= 0.3 is 0 Å². The van der Waals surface area contributed by atoms with E-state index in [-0.39, 0.29) is 30.2 Å². The second-order valence-corrected chi connectivity index (χ2v) is 6.03. The normalized spacial score (nSPS) is 10.4. The second kappa shape index (κ2) is 8.48. The maximum absolute atomic E-state index is 13.5. The number of nitro benzene ring substituents is 1. The van der Waals surface area contributed by atoms with Crippen LogP contribution in [0.5, 0.6) is 5.75 Å². The molecule has 0 atom stereocenters. The number of halogens is 1. The number of likely N-dealkylation sites (N-methyl/N-ethyl adjacent to an activating group) is 1. The molecule has 0 aliphatic rings. The van der Waals surface area contributed by atoms with Crippen LogP contribution in [-0.4, -0.2) is 42.2 Å². The minimum atomic E-state index is -0.582. The number of hydrogen-bond donors (Lipinski definition) is 0. The first kappa shape index (κ1) is 18.7. The number of ether oxygens (including phenoxy) is 1. The number of carbonyl (C=O) groups excluding carboxylic acids is 1. The standard InChI is InChI=1S/C17H17FN2O4S/c1-19(9-10-24-16-6-4-3-5-14(16)18)17(21)13-11-12(25-2)7-8-15(13)20(22)23/h3-8,11H,9-10H2,1-2H3. The first-order chi connectivity index (χ1) is 11.9. The third-order valence-corrected chi connectivity index (χ3v) is 4.22. The molecule has 2 aromatic carbocycles. The number of carbonyl (C=O) groups is 1. The van der Waals surface area contributed by atoms with Crippen molar-refractivity contribution in [3.8, 4) is 5.75 Å². The van der Waals surface area contributed by atoms with Crippen molar-refractivity contribution in [3.63, 3.8) is 0 Å². The molecule has 0 fully saturated rings. The number of thioether (sulfide) groups is 1. The maximum Gasteiger partial charge on any atom is 0.282 e. The van der Waals surface area contributed by atoms with Gasteiger partial charge in [0.1, 0.15) is 12.2 Å². The van der Waals surface area contributed by atoms with Crippen molar-refractivity contribution >= 4 is 23.4 Å². The van der Waals surface area contributed by atoms with E-state index in [1.807, 2.05) is 6.26 Å². The smallest absolute Gasteiger partial charge is 0.282 e. The van der Waals surface area contributed by atoms with Gasteiger partial charge in [-0.05, 0) is 30.5 Å². The number of para-hydroxylation sites is 1. The van der Waals surface area contributed by atoms with E-state index in [4.69, 9.17) is 4.74 Å². The van der Waals surface area contributed by atoms with Gasteiger partial charge in [-0.25, -0.2) is 4.39 Å². The molecule has 0 radical (unpaired) electrons. The van der Waals surface area contributed by atoms with Gasteiger partial charge in [-0.15, -0.1) is 11.8 Å². The summed E-state index contributed by atoms with van der Waals surface area (Å²) in [4.78, 5) is 25.2. The molecule has 0 aliphatic carbocycles. The molecule has 0 saturated heterocycles. The van der Waals surface area contributed by atoms with Crippen molar-refractivity contribution in [1.82, 2.24) is 4.90 Å². The van der Waals surface area contributed by atoms with E-state index in [2.05, 4.69) is 0 Å². The fourth-order valence-electron chi connectivity index (χ4n) is 2.13. The van der Waals surface area contributed by atoms with Crippen LogP contribution in [-0.2, 0) is 0 Å². The zero-order valence-corrected chi connectivity index (χ0v) is 14.6. The summed E-state index contributed by atoms with van der Waals surface area (Å²) in [5, 5.41) is 11.1. The van der Waals surface area contributed by atoms with Crippen LogP contribution in [0.15, 0.2) is 47.4 Å². The lowest BCUT2D eigenvalue weighted by Gasteiger charge is -2.18. The lowest BCUT2D eigenvalue weighted by atomic mass is 10.1. The monoisotopic (exact) mass is 364 g/mol. The van der Waals surface area contributed by atoms with E-state index in [1.165, 1.54) is 48.0 Å². The van der Waals surface area contributed by atoms with Gasteiger partial charge in [-0.3, -0.25) is 14.9 Å². The molecule has 2 aromatic rings. The Morgan fingerprint density at radius 2 is 2.04 bits per heavy atom. The van der Waals surface area contributed by atoms with Gasteiger partial charge in [-0.2, -0.15) is 0 Å². The van der Waals surface area contributed by atoms with Crippen LogP contribution in [0.1, 0.15) is 10.4 Å². The van der Waals surface area contributed by atoms with Crippen LogP contribution in [0.25, 0.3) is 0 Å². The van der Waals surface area contributed by atoms with Crippen molar-refractivity contribution in [1.29, 1.82) is 0 Å². The van der Waals surface area contributed by atoms with Gasteiger partial charge in [0.25, 0.3) is 11.6 Å². The number of benzene rings is 2. The van der Waals surface area contributed by atoms with E-state index in [9.17, 15) is 19.3 Å². The Kier molecular flexibility index (Phi) is 6.35. The van der Waals surface area contributed by atoms with E-state index in [1.54, 1.807) is 18.2 Å². The fourth-order valence-corrected chi connectivity index (χ4v) is 2.57. The molecule has 1 amide bonds. The summed E-state index contributed by atoms with van der Waals surface area (Å²) in [6.07, 6.45) is 1.82. The summed E-state index contributed by atoms with van der Waals surface area (Å²) in [7, 11) is 1.52. The molecular formula is C17H17FN2O4S. The fraction of sp³-hybridized carbons (Fsp3) is 0.235. The Labute approximate surface area is 148 Å². The molecule has 2 rings (SSSR count). The molecule has 132 valence electrons. The van der Waals surface area contributed by atoms with Crippen LogP contribution < -0.4 is 4.74 Å². The number of nitro groups is 1.